The van der Waals surface area contributed by atoms with Gasteiger partial charge in [0.25, 0.3) is 0 Å². The molecule has 0 heterocycles. The molecule has 0 bridgehead atoms. The van der Waals surface area contributed by atoms with Gasteiger partial charge in [-0.1, -0.05) is 94.6 Å². The minimum absolute atomic E-state index is 0. The second-order valence-electron chi connectivity index (χ2n) is 5.96. The summed E-state index contributed by atoms with van der Waals surface area (Å²) in [6.07, 6.45) is 1.04. The molecule has 0 N–H and O–H groups in total. The molecule has 150 valence electrons. The molecule has 0 atom stereocenters. The Morgan fingerprint density at radius 3 is 1.61 bits per heavy atom. The molecule has 3 heteroatoms. The lowest BCUT2D eigenvalue weighted by molar-refractivity contribution is 0.101. The van der Waals surface area contributed by atoms with Gasteiger partial charge in [0.1, 0.15) is 12.4 Å². The molecular formula is C25H33O2P. The molecule has 0 spiro atoms. The van der Waals surface area contributed by atoms with E-state index in [1.54, 1.807) is 0 Å². The van der Waals surface area contributed by atoms with Gasteiger partial charge >= 0.3 is 0 Å². The van der Waals surface area contributed by atoms with Crippen molar-refractivity contribution in [3.05, 3.63) is 84.9 Å². The summed E-state index contributed by atoms with van der Waals surface area (Å²) in [7, 11) is -0.560. The van der Waals surface area contributed by atoms with Gasteiger partial charge in [0, 0.05) is 6.61 Å². The van der Waals surface area contributed by atoms with Crippen LogP contribution in [0.2, 0.25) is 0 Å². The van der Waals surface area contributed by atoms with E-state index >= 15 is 0 Å². The first-order chi connectivity index (χ1) is 12.9. The third-order valence-electron chi connectivity index (χ3n) is 3.97. The van der Waals surface area contributed by atoms with Crippen molar-refractivity contribution in [3.8, 4) is 5.75 Å². The molecule has 0 amide bonds. The highest BCUT2D eigenvalue weighted by Crippen LogP contribution is 2.33. The van der Waals surface area contributed by atoms with E-state index in [1.807, 2.05) is 0 Å². The lowest BCUT2D eigenvalue weighted by atomic mass is 10.3. The number of ether oxygens (including phenoxy) is 2. The second kappa shape index (κ2) is 13.1. The molecule has 28 heavy (non-hydrogen) atoms. The summed E-state index contributed by atoms with van der Waals surface area (Å²) in [5.41, 5.74) is 0. The van der Waals surface area contributed by atoms with Crippen LogP contribution in [0.4, 0.5) is 0 Å². The monoisotopic (exact) mass is 396 g/mol. The van der Waals surface area contributed by atoms with E-state index in [9.17, 15) is 0 Å². The molecule has 3 rings (SSSR count). The van der Waals surface area contributed by atoms with E-state index in [1.165, 1.54) is 15.9 Å². The third kappa shape index (κ3) is 6.78. The van der Waals surface area contributed by atoms with Crippen LogP contribution < -0.4 is 20.7 Å². The highest BCUT2D eigenvalue weighted by atomic mass is 31.1. The van der Waals surface area contributed by atoms with Gasteiger partial charge in [-0.2, -0.15) is 0 Å². The largest absolute Gasteiger partial charge is 0.491 e. The van der Waals surface area contributed by atoms with Crippen LogP contribution in [0.3, 0.4) is 0 Å². The zero-order valence-electron chi connectivity index (χ0n) is 15.2. The van der Waals surface area contributed by atoms with Gasteiger partial charge in [0.2, 0.25) is 0 Å². The summed E-state index contributed by atoms with van der Waals surface area (Å²) in [6, 6.07) is 30.0. The van der Waals surface area contributed by atoms with Crippen molar-refractivity contribution in [1.29, 1.82) is 0 Å². The summed E-state index contributed by atoms with van der Waals surface area (Å²) in [5, 5.41) is 4.04. The predicted octanol–water partition coefficient (Wildman–Crippen LogP) is 5.52. The Labute approximate surface area is 172 Å². The van der Waals surface area contributed by atoms with Gasteiger partial charge < -0.3 is 9.47 Å². The predicted molar refractivity (Wildman–Crippen MR) is 125 cm³/mol. The SMILES string of the molecule is C.C.CCCOCCOc1ccc(P(c2ccccc2)c2ccccc2)cc1. The van der Waals surface area contributed by atoms with Gasteiger partial charge in [-0.05, 0) is 42.4 Å². The number of rotatable bonds is 9. The second-order valence-corrected chi connectivity index (χ2v) is 8.18. The zero-order chi connectivity index (χ0) is 18.0. The Morgan fingerprint density at radius 1 is 0.607 bits per heavy atom. The van der Waals surface area contributed by atoms with E-state index in [2.05, 4.69) is 91.9 Å². The summed E-state index contributed by atoms with van der Waals surface area (Å²) in [6.45, 7) is 4.12. The zero-order valence-corrected chi connectivity index (χ0v) is 16.1. The lowest BCUT2D eigenvalue weighted by Crippen LogP contribution is -2.20. The van der Waals surface area contributed by atoms with Gasteiger partial charge in [0.05, 0.1) is 6.61 Å². The van der Waals surface area contributed by atoms with Crippen LogP contribution >= 0.6 is 7.92 Å². The Bertz CT molecular complexity index is 718. The van der Waals surface area contributed by atoms with Crippen molar-refractivity contribution >= 4 is 23.8 Å². The number of hydrogen-bond acceptors (Lipinski definition) is 2. The molecule has 0 radical (unpaired) electrons. The van der Waals surface area contributed by atoms with Gasteiger partial charge in [0.15, 0.2) is 0 Å². The third-order valence-corrected chi connectivity index (χ3v) is 6.41. The maximum atomic E-state index is 5.78. The van der Waals surface area contributed by atoms with E-state index in [0.29, 0.717) is 13.2 Å². The Hall–Kier alpha value is -2.15. The van der Waals surface area contributed by atoms with Crippen LogP contribution in [-0.4, -0.2) is 19.8 Å². The van der Waals surface area contributed by atoms with Crippen LogP contribution in [0.1, 0.15) is 28.2 Å². The molecule has 0 saturated heterocycles. The molecule has 0 unspecified atom stereocenters. The number of hydrogen-bond donors (Lipinski definition) is 0. The molecule has 0 aliphatic heterocycles. The Morgan fingerprint density at radius 2 is 1.11 bits per heavy atom. The van der Waals surface area contributed by atoms with E-state index in [4.69, 9.17) is 9.47 Å². The summed E-state index contributed by atoms with van der Waals surface area (Å²) in [5.74, 6) is 0.893. The summed E-state index contributed by atoms with van der Waals surface area (Å²) in [4.78, 5) is 0. The van der Waals surface area contributed by atoms with Crippen molar-refractivity contribution in [3.63, 3.8) is 0 Å². The first kappa shape index (κ1) is 23.9. The topological polar surface area (TPSA) is 18.5 Å². The molecule has 0 aromatic heterocycles. The quantitative estimate of drug-likeness (QED) is 0.350. The van der Waals surface area contributed by atoms with Crippen molar-refractivity contribution in [2.45, 2.75) is 28.2 Å². The lowest BCUT2D eigenvalue weighted by Gasteiger charge is -2.19. The average molecular weight is 397 g/mol. The van der Waals surface area contributed by atoms with Crippen LogP contribution in [0.25, 0.3) is 0 Å². The smallest absolute Gasteiger partial charge is 0.119 e. The van der Waals surface area contributed by atoms with Crippen LogP contribution in [0.15, 0.2) is 84.9 Å². The minimum atomic E-state index is -0.560. The molecule has 0 fully saturated rings. The average Bonchev–Trinajstić information content (AvgIpc) is 2.71. The van der Waals surface area contributed by atoms with Crippen molar-refractivity contribution in [2.24, 2.45) is 0 Å². The van der Waals surface area contributed by atoms with Crippen molar-refractivity contribution < 1.29 is 9.47 Å². The molecule has 0 aliphatic rings. The Balaban J connectivity index is 0.00000196. The summed E-state index contributed by atoms with van der Waals surface area (Å²) >= 11 is 0. The summed E-state index contributed by atoms with van der Waals surface area (Å²) < 4.78 is 11.2. The maximum Gasteiger partial charge on any atom is 0.119 e. The van der Waals surface area contributed by atoms with E-state index in [-0.39, 0.29) is 14.9 Å². The molecule has 3 aromatic carbocycles. The van der Waals surface area contributed by atoms with Gasteiger partial charge in [-0.3, -0.25) is 0 Å². The van der Waals surface area contributed by atoms with Crippen LogP contribution in [0.5, 0.6) is 5.75 Å². The Kier molecular flexibility index (Phi) is 11.2. The van der Waals surface area contributed by atoms with Gasteiger partial charge in [-0.25, -0.2) is 0 Å². The maximum absolute atomic E-state index is 5.78. The highest BCUT2D eigenvalue weighted by Gasteiger charge is 2.15. The van der Waals surface area contributed by atoms with E-state index in [0.717, 1.165) is 18.8 Å². The molecule has 0 saturated carbocycles. The normalized spacial score (nSPS) is 10.1. The van der Waals surface area contributed by atoms with Crippen molar-refractivity contribution in [2.75, 3.05) is 19.8 Å². The standard InChI is InChI=1S/C23H25O2P.2CH4/c1-2-17-24-18-19-25-20-13-15-23(16-14-20)26(21-9-5-3-6-10-21)22-11-7-4-8-12-22;;/h3-16H,2,17-19H2,1H3;2*1H4. The highest BCUT2D eigenvalue weighted by molar-refractivity contribution is 7.79. The fourth-order valence-corrected chi connectivity index (χ4v) is 5.04. The molecule has 2 nitrogen and oxygen atoms in total. The number of benzene rings is 3. The molecular weight excluding hydrogens is 363 g/mol. The first-order valence-corrected chi connectivity index (χ1v) is 10.4. The van der Waals surface area contributed by atoms with Crippen LogP contribution in [0, 0.1) is 0 Å². The van der Waals surface area contributed by atoms with E-state index < -0.39 is 7.92 Å². The molecule has 0 aliphatic carbocycles. The fraction of sp³-hybridized carbons (Fsp3) is 0.280. The van der Waals surface area contributed by atoms with Crippen LogP contribution in [-0.2, 0) is 4.74 Å². The minimum Gasteiger partial charge on any atom is -0.491 e. The first-order valence-electron chi connectivity index (χ1n) is 9.09. The fourth-order valence-electron chi connectivity index (χ4n) is 2.76. The van der Waals surface area contributed by atoms with Gasteiger partial charge in [-0.15, -0.1) is 0 Å². The van der Waals surface area contributed by atoms with Crippen molar-refractivity contribution in [1.82, 2.24) is 0 Å². The molecule has 3 aromatic rings.